The summed E-state index contributed by atoms with van der Waals surface area (Å²) in [7, 11) is 1.29. The lowest BCUT2D eigenvalue weighted by Gasteiger charge is -2.24. The Morgan fingerprint density at radius 3 is 2.62 bits per heavy atom. The Labute approximate surface area is 139 Å². The number of esters is 1. The summed E-state index contributed by atoms with van der Waals surface area (Å²) in [6, 6.07) is 6.19. The number of hydrogen-bond donors (Lipinski definition) is 1. The second-order valence-electron chi connectivity index (χ2n) is 6.10. The normalized spacial score (nSPS) is 11.2. The number of ether oxygens (including phenoxy) is 1. The van der Waals surface area contributed by atoms with Crippen LogP contribution in [0.5, 0.6) is 0 Å². The number of carbonyl (C=O) groups excluding carboxylic acids is 2. The zero-order chi connectivity index (χ0) is 17.9. The molecule has 7 heteroatoms. The van der Waals surface area contributed by atoms with Gasteiger partial charge in [0.15, 0.2) is 0 Å². The van der Waals surface area contributed by atoms with Crippen molar-refractivity contribution in [1.29, 1.82) is 0 Å². The van der Waals surface area contributed by atoms with E-state index in [0.29, 0.717) is 11.3 Å². The minimum atomic E-state index is -0.781. The molecular formula is C17H20FN3O3. The molecule has 0 saturated carbocycles. The van der Waals surface area contributed by atoms with Crippen LogP contribution in [0.3, 0.4) is 0 Å². The van der Waals surface area contributed by atoms with Crippen LogP contribution in [0.25, 0.3) is 5.69 Å². The number of carbonyl (C=O) groups is 2. The van der Waals surface area contributed by atoms with E-state index in [1.54, 1.807) is 39.0 Å². The van der Waals surface area contributed by atoms with Crippen LogP contribution in [0.4, 0.5) is 4.39 Å². The van der Waals surface area contributed by atoms with E-state index in [2.05, 4.69) is 15.2 Å². The molecular weight excluding hydrogens is 313 g/mol. The summed E-state index contributed by atoms with van der Waals surface area (Å²) in [4.78, 5) is 23.9. The fourth-order valence-corrected chi connectivity index (χ4v) is 2.35. The third-order valence-electron chi connectivity index (χ3n) is 3.60. The van der Waals surface area contributed by atoms with Crippen LogP contribution in [0.2, 0.25) is 0 Å². The second-order valence-corrected chi connectivity index (χ2v) is 6.10. The number of benzene rings is 1. The second kappa shape index (κ2) is 6.82. The molecule has 0 radical (unpaired) electrons. The van der Waals surface area contributed by atoms with Crippen LogP contribution in [-0.4, -0.2) is 34.3 Å². The van der Waals surface area contributed by atoms with Gasteiger partial charge in [-0.2, -0.15) is 5.10 Å². The van der Waals surface area contributed by atoms with E-state index in [0.717, 1.165) is 0 Å². The first-order valence-electron chi connectivity index (χ1n) is 7.44. The van der Waals surface area contributed by atoms with E-state index in [9.17, 15) is 14.0 Å². The first-order valence-corrected chi connectivity index (χ1v) is 7.44. The standard InChI is InChI=1S/C17H20FN3O3/c1-11-12(16(23)20-17(2,3)9-15(22)24-4)10-19-21(11)14-8-6-5-7-13(14)18/h5-8,10H,9H2,1-4H3,(H,20,23). The predicted octanol–water partition coefficient (Wildman–Crippen LogP) is 2.39. The summed E-state index contributed by atoms with van der Waals surface area (Å²) in [6.45, 7) is 5.12. The molecule has 1 aromatic heterocycles. The van der Waals surface area contributed by atoms with Crippen molar-refractivity contribution in [3.63, 3.8) is 0 Å². The van der Waals surface area contributed by atoms with Crippen LogP contribution in [-0.2, 0) is 9.53 Å². The van der Waals surface area contributed by atoms with Gasteiger partial charge in [0, 0.05) is 5.54 Å². The van der Waals surface area contributed by atoms with Gasteiger partial charge in [-0.1, -0.05) is 12.1 Å². The van der Waals surface area contributed by atoms with E-state index >= 15 is 0 Å². The molecule has 128 valence electrons. The van der Waals surface area contributed by atoms with Crippen LogP contribution in [0.15, 0.2) is 30.5 Å². The minimum absolute atomic E-state index is 0.0374. The first-order chi connectivity index (χ1) is 11.2. The maximum Gasteiger partial charge on any atom is 0.307 e. The lowest BCUT2D eigenvalue weighted by Crippen LogP contribution is -2.45. The summed E-state index contributed by atoms with van der Waals surface area (Å²) < 4.78 is 19.9. The number of para-hydroxylation sites is 1. The number of rotatable bonds is 5. The number of amides is 1. The Kier molecular flexibility index (Phi) is 5.02. The maximum absolute atomic E-state index is 13.9. The average Bonchev–Trinajstić information content (AvgIpc) is 2.88. The van der Waals surface area contributed by atoms with E-state index < -0.39 is 17.3 Å². The molecule has 1 heterocycles. The number of methoxy groups -OCH3 is 1. The zero-order valence-electron chi connectivity index (χ0n) is 14.1. The Bertz CT molecular complexity index is 768. The number of nitrogens with zero attached hydrogens (tertiary/aromatic N) is 2. The molecule has 2 aromatic rings. The van der Waals surface area contributed by atoms with Gasteiger partial charge in [-0.05, 0) is 32.9 Å². The Morgan fingerprint density at radius 1 is 1.33 bits per heavy atom. The third kappa shape index (κ3) is 3.79. The fourth-order valence-electron chi connectivity index (χ4n) is 2.35. The number of nitrogens with one attached hydrogen (secondary N) is 1. The summed E-state index contributed by atoms with van der Waals surface area (Å²) >= 11 is 0. The lowest BCUT2D eigenvalue weighted by molar-refractivity contribution is -0.141. The number of aromatic nitrogens is 2. The molecule has 2 rings (SSSR count). The van der Waals surface area contributed by atoms with Gasteiger partial charge in [-0.25, -0.2) is 9.07 Å². The number of halogens is 1. The molecule has 1 aromatic carbocycles. The fraction of sp³-hybridized carbons (Fsp3) is 0.353. The Hall–Kier alpha value is -2.70. The zero-order valence-corrected chi connectivity index (χ0v) is 14.1. The van der Waals surface area contributed by atoms with E-state index in [1.807, 2.05) is 0 Å². The van der Waals surface area contributed by atoms with Crippen molar-refractivity contribution >= 4 is 11.9 Å². The molecule has 24 heavy (non-hydrogen) atoms. The monoisotopic (exact) mass is 333 g/mol. The van der Waals surface area contributed by atoms with E-state index in [4.69, 9.17) is 0 Å². The highest BCUT2D eigenvalue weighted by Gasteiger charge is 2.27. The van der Waals surface area contributed by atoms with Gasteiger partial charge >= 0.3 is 5.97 Å². The van der Waals surface area contributed by atoms with Gasteiger partial charge < -0.3 is 10.1 Å². The Balaban J connectivity index is 2.23. The van der Waals surface area contributed by atoms with Gasteiger partial charge in [0.2, 0.25) is 0 Å². The first kappa shape index (κ1) is 17.7. The topological polar surface area (TPSA) is 73.2 Å². The summed E-state index contributed by atoms with van der Waals surface area (Å²) in [6.07, 6.45) is 1.42. The molecule has 0 unspecified atom stereocenters. The SMILES string of the molecule is COC(=O)CC(C)(C)NC(=O)c1cnn(-c2ccccc2F)c1C. The molecule has 0 bridgehead atoms. The maximum atomic E-state index is 13.9. The van der Waals surface area contributed by atoms with Gasteiger partial charge in [-0.15, -0.1) is 0 Å². The van der Waals surface area contributed by atoms with Crippen LogP contribution in [0.1, 0.15) is 36.3 Å². The van der Waals surface area contributed by atoms with Gasteiger partial charge in [0.05, 0.1) is 31.0 Å². The highest BCUT2D eigenvalue weighted by Crippen LogP contribution is 2.18. The smallest absolute Gasteiger partial charge is 0.307 e. The van der Waals surface area contributed by atoms with Crippen LogP contribution in [0, 0.1) is 12.7 Å². The van der Waals surface area contributed by atoms with Crippen LogP contribution < -0.4 is 5.32 Å². The van der Waals surface area contributed by atoms with Crippen molar-refractivity contribution in [1.82, 2.24) is 15.1 Å². The molecule has 0 aliphatic rings. The highest BCUT2D eigenvalue weighted by molar-refractivity contribution is 5.96. The van der Waals surface area contributed by atoms with Crippen LogP contribution >= 0.6 is 0 Å². The molecule has 1 amide bonds. The molecule has 0 atom stereocenters. The molecule has 0 aliphatic carbocycles. The van der Waals surface area contributed by atoms with Crippen molar-refractivity contribution in [3.05, 3.63) is 47.5 Å². The van der Waals surface area contributed by atoms with Gasteiger partial charge in [0.1, 0.15) is 11.5 Å². The van der Waals surface area contributed by atoms with Crippen molar-refractivity contribution in [3.8, 4) is 5.69 Å². The highest BCUT2D eigenvalue weighted by atomic mass is 19.1. The van der Waals surface area contributed by atoms with E-state index in [1.165, 1.54) is 24.1 Å². The number of hydrogen-bond acceptors (Lipinski definition) is 4. The quantitative estimate of drug-likeness (QED) is 0.853. The molecule has 1 N–H and O–H groups in total. The third-order valence-corrected chi connectivity index (χ3v) is 3.60. The van der Waals surface area contributed by atoms with Gasteiger partial charge in [0.25, 0.3) is 5.91 Å². The van der Waals surface area contributed by atoms with Gasteiger partial charge in [-0.3, -0.25) is 9.59 Å². The van der Waals surface area contributed by atoms with Crippen molar-refractivity contribution < 1.29 is 18.7 Å². The molecule has 0 fully saturated rings. The van der Waals surface area contributed by atoms with Crippen molar-refractivity contribution in [2.24, 2.45) is 0 Å². The Morgan fingerprint density at radius 2 is 2.00 bits per heavy atom. The summed E-state index contributed by atoms with van der Waals surface area (Å²) in [5.41, 5.74) is 0.307. The molecule has 0 aliphatic heterocycles. The van der Waals surface area contributed by atoms with Crippen molar-refractivity contribution in [2.75, 3.05) is 7.11 Å². The van der Waals surface area contributed by atoms with E-state index in [-0.39, 0.29) is 18.0 Å². The largest absolute Gasteiger partial charge is 0.469 e. The minimum Gasteiger partial charge on any atom is -0.469 e. The average molecular weight is 333 g/mol. The molecule has 0 saturated heterocycles. The molecule has 0 spiro atoms. The summed E-state index contributed by atoms with van der Waals surface area (Å²) in [5.74, 6) is -1.23. The molecule has 6 nitrogen and oxygen atoms in total. The van der Waals surface area contributed by atoms with Crippen molar-refractivity contribution in [2.45, 2.75) is 32.7 Å². The summed E-state index contributed by atoms with van der Waals surface area (Å²) in [5, 5.41) is 6.87. The lowest BCUT2D eigenvalue weighted by atomic mass is 10.00. The predicted molar refractivity (Wildman–Crippen MR) is 86.4 cm³/mol.